The molecule has 0 amide bonds. The van der Waals surface area contributed by atoms with Gasteiger partial charge in [-0.2, -0.15) is 0 Å². The van der Waals surface area contributed by atoms with E-state index in [0.29, 0.717) is 18.1 Å². The molecule has 0 aliphatic rings. The summed E-state index contributed by atoms with van der Waals surface area (Å²) < 4.78 is 9.94. The van der Waals surface area contributed by atoms with Crippen molar-refractivity contribution in [2.24, 2.45) is 0 Å². The van der Waals surface area contributed by atoms with Crippen molar-refractivity contribution >= 4 is 17.6 Å². The van der Waals surface area contributed by atoms with Gasteiger partial charge in [-0.1, -0.05) is 0 Å². The zero-order valence-corrected chi connectivity index (χ0v) is 11.6. The van der Waals surface area contributed by atoms with E-state index in [1.165, 1.54) is 7.11 Å². The van der Waals surface area contributed by atoms with Crippen LogP contribution in [-0.2, 0) is 11.3 Å². The lowest BCUT2D eigenvalue weighted by atomic mass is 10.4. The van der Waals surface area contributed by atoms with Gasteiger partial charge >= 0.3 is 5.97 Å². The van der Waals surface area contributed by atoms with Gasteiger partial charge in [-0.15, -0.1) is 0 Å². The molecule has 0 atom stereocenters. The van der Waals surface area contributed by atoms with Crippen molar-refractivity contribution in [2.45, 2.75) is 6.54 Å². The van der Waals surface area contributed by atoms with Crippen molar-refractivity contribution in [2.75, 3.05) is 31.4 Å². The van der Waals surface area contributed by atoms with Crippen LogP contribution in [0.15, 0.2) is 28.9 Å². The Morgan fingerprint density at radius 3 is 2.80 bits per heavy atom. The van der Waals surface area contributed by atoms with E-state index in [1.807, 2.05) is 19.0 Å². The molecule has 2 rings (SSSR count). The molecule has 0 unspecified atom stereocenters. The number of methoxy groups -OCH3 is 1. The molecule has 2 heterocycles. The van der Waals surface area contributed by atoms with Crippen LogP contribution < -0.4 is 10.2 Å². The first-order chi connectivity index (χ1) is 9.61. The van der Waals surface area contributed by atoms with Gasteiger partial charge in [-0.05, 0) is 12.1 Å². The Kier molecular flexibility index (Phi) is 4.19. The SMILES string of the molecule is COC(=O)c1ccc(CNc2nccnc2N(C)C)o1. The Morgan fingerprint density at radius 2 is 2.10 bits per heavy atom. The second-order valence-electron chi connectivity index (χ2n) is 4.23. The highest BCUT2D eigenvalue weighted by Gasteiger charge is 2.12. The molecule has 106 valence electrons. The third-order valence-electron chi connectivity index (χ3n) is 2.58. The molecule has 0 spiro atoms. The van der Waals surface area contributed by atoms with E-state index in [9.17, 15) is 4.79 Å². The lowest BCUT2D eigenvalue weighted by Gasteiger charge is -2.15. The largest absolute Gasteiger partial charge is 0.463 e. The molecular formula is C13H16N4O3. The summed E-state index contributed by atoms with van der Waals surface area (Å²) >= 11 is 0. The molecule has 2 aromatic heterocycles. The summed E-state index contributed by atoms with van der Waals surface area (Å²) in [6, 6.07) is 3.29. The molecule has 2 aromatic rings. The van der Waals surface area contributed by atoms with Gasteiger partial charge in [0.05, 0.1) is 13.7 Å². The average molecular weight is 276 g/mol. The number of esters is 1. The summed E-state index contributed by atoms with van der Waals surface area (Å²) in [5.41, 5.74) is 0. The van der Waals surface area contributed by atoms with Crippen molar-refractivity contribution in [3.05, 3.63) is 36.0 Å². The van der Waals surface area contributed by atoms with E-state index in [4.69, 9.17) is 4.42 Å². The summed E-state index contributed by atoms with van der Waals surface area (Å²) in [5.74, 6) is 1.67. The van der Waals surface area contributed by atoms with Crippen molar-refractivity contribution in [1.82, 2.24) is 9.97 Å². The minimum absolute atomic E-state index is 0.177. The number of anilines is 2. The highest BCUT2D eigenvalue weighted by atomic mass is 16.5. The maximum absolute atomic E-state index is 11.3. The first-order valence-electron chi connectivity index (χ1n) is 6.01. The first-order valence-corrected chi connectivity index (χ1v) is 6.01. The number of furan rings is 1. The Morgan fingerprint density at radius 1 is 1.35 bits per heavy atom. The molecule has 20 heavy (non-hydrogen) atoms. The van der Waals surface area contributed by atoms with Gasteiger partial charge in [0.1, 0.15) is 5.76 Å². The quantitative estimate of drug-likeness (QED) is 0.829. The van der Waals surface area contributed by atoms with Crippen LogP contribution in [0.5, 0.6) is 0 Å². The average Bonchev–Trinajstić information content (AvgIpc) is 2.93. The minimum Gasteiger partial charge on any atom is -0.463 e. The van der Waals surface area contributed by atoms with Crippen LogP contribution >= 0.6 is 0 Å². The van der Waals surface area contributed by atoms with Crippen LogP contribution in [0.1, 0.15) is 16.3 Å². The fraction of sp³-hybridized carbons (Fsp3) is 0.308. The predicted molar refractivity (Wildman–Crippen MR) is 73.7 cm³/mol. The number of ether oxygens (including phenoxy) is 1. The number of carbonyl (C=O) groups excluding carboxylic acids is 1. The maximum Gasteiger partial charge on any atom is 0.373 e. The van der Waals surface area contributed by atoms with Crippen LogP contribution in [0.3, 0.4) is 0 Å². The monoisotopic (exact) mass is 276 g/mol. The van der Waals surface area contributed by atoms with Crippen LogP contribution in [0.4, 0.5) is 11.6 Å². The number of carbonyl (C=O) groups is 1. The Bertz CT molecular complexity index is 595. The molecule has 0 radical (unpaired) electrons. The molecule has 0 saturated carbocycles. The minimum atomic E-state index is -0.496. The van der Waals surface area contributed by atoms with E-state index in [1.54, 1.807) is 24.5 Å². The van der Waals surface area contributed by atoms with Gasteiger partial charge in [-0.3, -0.25) is 0 Å². The van der Waals surface area contributed by atoms with Crippen LogP contribution in [0, 0.1) is 0 Å². The van der Waals surface area contributed by atoms with E-state index in [-0.39, 0.29) is 5.76 Å². The molecule has 0 fully saturated rings. The van der Waals surface area contributed by atoms with Gasteiger partial charge in [0, 0.05) is 26.5 Å². The van der Waals surface area contributed by atoms with Gasteiger partial charge in [0.25, 0.3) is 0 Å². The first kappa shape index (κ1) is 13.9. The highest BCUT2D eigenvalue weighted by Crippen LogP contribution is 2.18. The lowest BCUT2D eigenvalue weighted by molar-refractivity contribution is 0.0563. The van der Waals surface area contributed by atoms with E-state index < -0.39 is 5.97 Å². The maximum atomic E-state index is 11.3. The third-order valence-corrected chi connectivity index (χ3v) is 2.58. The van der Waals surface area contributed by atoms with Crippen molar-refractivity contribution in [3.8, 4) is 0 Å². The van der Waals surface area contributed by atoms with Crippen molar-refractivity contribution in [1.29, 1.82) is 0 Å². The van der Waals surface area contributed by atoms with Gasteiger partial charge in [-0.25, -0.2) is 14.8 Å². The van der Waals surface area contributed by atoms with Crippen molar-refractivity contribution < 1.29 is 13.9 Å². The summed E-state index contributed by atoms with van der Waals surface area (Å²) in [7, 11) is 5.08. The van der Waals surface area contributed by atoms with Gasteiger partial charge < -0.3 is 19.4 Å². The number of aromatic nitrogens is 2. The standard InChI is InChI=1S/C13H16N4O3/c1-17(2)12-11(14-6-7-15-12)16-8-9-4-5-10(20-9)13(18)19-3/h4-7H,8H2,1-3H3,(H,14,16). The van der Waals surface area contributed by atoms with Crippen LogP contribution in [-0.4, -0.2) is 37.1 Å². The van der Waals surface area contributed by atoms with Crippen LogP contribution in [0.25, 0.3) is 0 Å². The van der Waals surface area contributed by atoms with Gasteiger partial charge in [0.2, 0.25) is 5.76 Å². The number of rotatable bonds is 5. The second-order valence-corrected chi connectivity index (χ2v) is 4.23. The summed E-state index contributed by atoms with van der Waals surface area (Å²) in [6.07, 6.45) is 3.24. The van der Waals surface area contributed by atoms with Crippen LogP contribution in [0.2, 0.25) is 0 Å². The number of nitrogens with zero attached hydrogens (tertiary/aromatic N) is 3. The summed E-state index contributed by atoms with van der Waals surface area (Å²) in [5, 5.41) is 3.12. The second kappa shape index (κ2) is 6.05. The Labute approximate surface area is 116 Å². The van der Waals surface area contributed by atoms with E-state index in [2.05, 4.69) is 20.0 Å². The zero-order valence-electron chi connectivity index (χ0n) is 11.6. The third kappa shape index (κ3) is 3.05. The van der Waals surface area contributed by atoms with Gasteiger partial charge in [0.15, 0.2) is 11.6 Å². The number of nitrogens with one attached hydrogen (secondary N) is 1. The molecule has 0 aliphatic carbocycles. The Balaban J connectivity index is 2.06. The molecule has 7 heteroatoms. The number of hydrogen-bond acceptors (Lipinski definition) is 7. The molecular weight excluding hydrogens is 260 g/mol. The molecule has 0 bridgehead atoms. The smallest absolute Gasteiger partial charge is 0.373 e. The molecule has 0 saturated heterocycles. The normalized spacial score (nSPS) is 10.2. The van der Waals surface area contributed by atoms with E-state index >= 15 is 0 Å². The summed E-state index contributed by atoms with van der Waals surface area (Å²) in [4.78, 5) is 21.6. The summed E-state index contributed by atoms with van der Waals surface area (Å²) in [6.45, 7) is 0.399. The zero-order chi connectivity index (χ0) is 14.5. The molecule has 0 aromatic carbocycles. The fourth-order valence-corrected chi connectivity index (χ4v) is 1.64. The molecule has 1 N–H and O–H groups in total. The topological polar surface area (TPSA) is 80.5 Å². The fourth-order valence-electron chi connectivity index (χ4n) is 1.64. The lowest BCUT2D eigenvalue weighted by Crippen LogP contribution is -2.14. The molecule has 7 nitrogen and oxygen atoms in total. The Hall–Kier alpha value is -2.57. The van der Waals surface area contributed by atoms with Crippen molar-refractivity contribution in [3.63, 3.8) is 0 Å². The predicted octanol–water partition coefficient (Wildman–Crippen LogP) is 1.53. The number of hydrogen-bond donors (Lipinski definition) is 1. The molecule has 0 aliphatic heterocycles. The van der Waals surface area contributed by atoms with E-state index in [0.717, 1.165) is 5.82 Å². The highest BCUT2D eigenvalue weighted by molar-refractivity contribution is 5.86.